The van der Waals surface area contributed by atoms with Gasteiger partial charge in [0.05, 0.1) is 24.6 Å². The van der Waals surface area contributed by atoms with Crippen LogP contribution in [0, 0.1) is 5.82 Å². The van der Waals surface area contributed by atoms with E-state index >= 15 is 0 Å². The topological polar surface area (TPSA) is 78.0 Å². The molecule has 4 aromatic rings. The maximum Gasteiger partial charge on any atom is 0.243 e. The van der Waals surface area contributed by atoms with E-state index in [9.17, 15) is 12.8 Å². The first kappa shape index (κ1) is 23.5. The van der Waals surface area contributed by atoms with E-state index < -0.39 is 15.8 Å². The maximum absolute atomic E-state index is 15.0. The third-order valence-corrected chi connectivity index (χ3v) is 7.09. The molecule has 0 spiro atoms. The van der Waals surface area contributed by atoms with Crippen LogP contribution in [0.4, 0.5) is 4.39 Å². The predicted octanol–water partition coefficient (Wildman–Crippen LogP) is 5.00. The summed E-state index contributed by atoms with van der Waals surface area (Å²) >= 11 is 0. The van der Waals surface area contributed by atoms with Crippen molar-refractivity contribution in [3.63, 3.8) is 0 Å². The summed E-state index contributed by atoms with van der Waals surface area (Å²) in [7, 11) is 0.579. The van der Waals surface area contributed by atoms with Gasteiger partial charge >= 0.3 is 0 Å². The van der Waals surface area contributed by atoms with E-state index in [-0.39, 0.29) is 17.2 Å². The molecule has 0 N–H and O–H groups in total. The van der Waals surface area contributed by atoms with Crippen molar-refractivity contribution in [2.75, 3.05) is 21.3 Å². The van der Waals surface area contributed by atoms with Crippen LogP contribution < -0.4 is 14.2 Å². The zero-order chi connectivity index (χ0) is 24.3. The Labute approximate surface area is 197 Å². The van der Waals surface area contributed by atoms with E-state index in [2.05, 4.69) is 4.98 Å². The molecular formula is C25H23FN2O5S. The van der Waals surface area contributed by atoms with Crippen LogP contribution in [-0.4, -0.2) is 39.0 Å². The second kappa shape index (κ2) is 9.66. The van der Waals surface area contributed by atoms with Crippen LogP contribution in [0.5, 0.6) is 23.0 Å². The molecule has 1 heterocycles. The molecule has 0 aliphatic heterocycles. The minimum Gasteiger partial charge on any atom is -0.493 e. The summed E-state index contributed by atoms with van der Waals surface area (Å²) in [5, 5.41) is 0.582. The Morgan fingerprint density at radius 1 is 0.882 bits per heavy atom. The summed E-state index contributed by atoms with van der Waals surface area (Å²) < 4.78 is 58.5. The van der Waals surface area contributed by atoms with Crippen LogP contribution in [0.3, 0.4) is 0 Å². The quantitative estimate of drug-likeness (QED) is 0.352. The number of sulfonamides is 1. The predicted molar refractivity (Wildman–Crippen MR) is 126 cm³/mol. The summed E-state index contributed by atoms with van der Waals surface area (Å²) in [5.74, 6) is 0.379. The van der Waals surface area contributed by atoms with Crippen molar-refractivity contribution in [1.29, 1.82) is 0 Å². The highest BCUT2D eigenvalue weighted by molar-refractivity contribution is 7.89. The third kappa shape index (κ3) is 4.66. The van der Waals surface area contributed by atoms with Crippen molar-refractivity contribution in [3.8, 4) is 23.0 Å². The fourth-order valence-electron chi connectivity index (χ4n) is 3.49. The van der Waals surface area contributed by atoms with Gasteiger partial charge in [0, 0.05) is 31.2 Å². The summed E-state index contributed by atoms with van der Waals surface area (Å²) in [5.41, 5.74) is 1.39. The van der Waals surface area contributed by atoms with Gasteiger partial charge in [-0.05, 0) is 35.9 Å². The Bertz CT molecular complexity index is 1430. The van der Waals surface area contributed by atoms with Gasteiger partial charge in [-0.2, -0.15) is 4.31 Å². The lowest BCUT2D eigenvalue weighted by Crippen LogP contribution is -2.26. The van der Waals surface area contributed by atoms with Crippen LogP contribution in [0.1, 0.15) is 5.56 Å². The molecule has 3 aromatic carbocycles. The van der Waals surface area contributed by atoms with Gasteiger partial charge in [-0.15, -0.1) is 0 Å². The molecular weight excluding hydrogens is 459 g/mol. The highest BCUT2D eigenvalue weighted by Crippen LogP contribution is 2.37. The number of hydrogen-bond acceptors (Lipinski definition) is 6. The van der Waals surface area contributed by atoms with Crippen LogP contribution in [-0.2, 0) is 16.6 Å². The number of methoxy groups -OCH3 is 2. The number of pyridine rings is 1. The Kier molecular flexibility index (Phi) is 6.67. The van der Waals surface area contributed by atoms with Gasteiger partial charge in [0.15, 0.2) is 23.1 Å². The molecule has 7 nitrogen and oxygen atoms in total. The largest absolute Gasteiger partial charge is 0.493 e. The standard InChI is InChI=1S/C25H23FN2O5S/c1-28(16-17-7-5-4-6-8-17)34(29,30)18-9-10-23(20(26)13-18)33-22-11-12-27-21-15-25(32-3)24(31-2)14-19(21)22/h4-15H,16H2,1-3H3. The summed E-state index contributed by atoms with van der Waals surface area (Å²) in [6.07, 6.45) is 1.53. The molecule has 176 valence electrons. The van der Waals surface area contributed by atoms with Gasteiger partial charge in [0.2, 0.25) is 10.0 Å². The summed E-state index contributed by atoms with van der Waals surface area (Å²) in [4.78, 5) is 4.13. The second-order valence-electron chi connectivity index (χ2n) is 7.47. The SMILES string of the molecule is COc1cc2nccc(Oc3ccc(S(=O)(=O)N(C)Cc4ccccc4)cc3F)c2cc1OC. The van der Waals surface area contributed by atoms with Gasteiger partial charge < -0.3 is 14.2 Å². The minimum absolute atomic E-state index is 0.119. The zero-order valence-electron chi connectivity index (χ0n) is 18.9. The molecule has 9 heteroatoms. The molecule has 34 heavy (non-hydrogen) atoms. The molecule has 0 saturated carbocycles. The smallest absolute Gasteiger partial charge is 0.243 e. The van der Waals surface area contributed by atoms with Gasteiger partial charge in [-0.1, -0.05) is 30.3 Å². The van der Waals surface area contributed by atoms with Crippen molar-refractivity contribution in [1.82, 2.24) is 9.29 Å². The fourth-order valence-corrected chi connectivity index (χ4v) is 4.66. The number of rotatable bonds is 8. The van der Waals surface area contributed by atoms with Crippen molar-refractivity contribution in [3.05, 3.63) is 84.3 Å². The number of aromatic nitrogens is 1. The van der Waals surface area contributed by atoms with Gasteiger partial charge in [-0.3, -0.25) is 4.98 Å². The molecule has 0 unspecified atom stereocenters. The van der Waals surface area contributed by atoms with E-state index in [1.54, 1.807) is 18.2 Å². The van der Waals surface area contributed by atoms with Crippen LogP contribution in [0.25, 0.3) is 10.9 Å². The van der Waals surface area contributed by atoms with Gasteiger partial charge in [-0.25, -0.2) is 12.8 Å². The average Bonchev–Trinajstić information content (AvgIpc) is 2.85. The summed E-state index contributed by atoms with van der Waals surface area (Å²) in [6.45, 7) is 0.164. The third-order valence-electron chi connectivity index (χ3n) is 5.29. The highest BCUT2D eigenvalue weighted by atomic mass is 32.2. The molecule has 0 bridgehead atoms. The van der Waals surface area contributed by atoms with Crippen molar-refractivity contribution < 1.29 is 27.0 Å². The lowest BCUT2D eigenvalue weighted by Gasteiger charge is -2.18. The van der Waals surface area contributed by atoms with Gasteiger partial charge in [0.1, 0.15) is 5.75 Å². The maximum atomic E-state index is 15.0. The van der Waals surface area contributed by atoms with Crippen molar-refractivity contribution in [2.24, 2.45) is 0 Å². The molecule has 0 aliphatic rings. The van der Waals surface area contributed by atoms with Crippen LogP contribution in [0.2, 0.25) is 0 Å². The monoisotopic (exact) mass is 482 g/mol. The number of fused-ring (bicyclic) bond motifs is 1. The Hall–Kier alpha value is -3.69. The highest BCUT2D eigenvalue weighted by Gasteiger charge is 2.23. The number of benzene rings is 3. The molecule has 0 radical (unpaired) electrons. The Morgan fingerprint density at radius 2 is 1.59 bits per heavy atom. The Balaban J connectivity index is 1.62. The average molecular weight is 483 g/mol. The van der Waals surface area contributed by atoms with E-state index in [1.165, 1.54) is 43.9 Å². The first-order chi connectivity index (χ1) is 16.3. The van der Waals surface area contributed by atoms with E-state index in [1.807, 2.05) is 30.3 Å². The van der Waals surface area contributed by atoms with Crippen molar-refractivity contribution >= 4 is 20.9 Å². The van der Waals surface area contributed by atoms with Crippen LogP contribution in [0.15, 0.2) is 77.8 Å². The number of nitrogens with zero attached hydrogens (tertiary/aromatic N) is 2. The molecule has 0 atom stereocenters. The normalized spacial score (nSPS) is 11.6. The molecule has 4 rings (SSSR count). The number of ether oxygens (including phenoxy) is 3. The van der Waals surface area contributed by atoms with Crippen LogP contribution >= 0.6 is 0 Å². The lowest BCUT2D eigenvalue weighted by molar-refractivity contribution is 0.355. The molecule has 0 amide bonds. The molecule has 1 aromatic heterocycles. The first-order valence-corrected chi connectivity index (χ1v) is 11.8. The molecule has 0 aliphatic carbocycles. The lowest BCUT2D eigenvalue weighted by atomic mass is 10.2. The zero-order valence-corrected chi connectivity index (χ0v) is 19.7. The van der Waals surface area contributed by atoms with E-state index in [4.69, 9.17) is 14.2 Å². The van der Waals surface area contributed by atoms with E-state index in [0.29, 0.717) is 28.2 Å². The minimum atomic E-state index is -3.90. The van der Waals surface area contributed by atoms with Gasteiger partial charge in [0.25, 0.3) is 0 Å². The number of halogens is 1. The summed E-state index contributed by atoms with van der Waals surface area (Å²) in [6, 6.07) is 17.7. The molecule has 0 saturated heterocycles. The fraction of sp³-hybridized carbons (Fsp3) is 0.160. The second-order valence-corrected chi connectivity index (χ2v) is 9.52. The Morgan fingerprint density at radius 3 is 2.26 bits per heavy atom. The van der Waals surface area contributed by atoms with Crippen molar-refractivity contribution in [2.45, 2.75) is 11.4 Å². The van der Waals surface area contributed by atoms with E-state index in [0.717, 1.165) is 11.6 Å². The number of hydrogen-bond donors (Lipinski definition) is 0. The molecule has 0 fully saturated rings. The first-order valence-electron chi connectivity index (χ1n) is 10.3.